The minimum atomic E-state index is -4.53. The molecule has 0 radical (unpaired) electrons. The number of halogens is 3. The number of pyridine rings is 1. The van der Waals surface area contributed by atoms with Gasteiger partial charge >= 0.3 is 6.18 Å². The Bertz CT molecular complexity index is 478. The van der Waals surface area contributed by atoms with Crippen LogP contribution in [0, 0.1) is 11.5 Å². The fourth-order valence-electron chi connectivity index (χ4n) is 1.05. The lowest BCUT2D eigenvalue weighted by Crippen LogP contribution is -2.17. The van der Waals surface area contributed by atoms with E-state index in [1.54, 1.807) is 0 Å². The highest BCUT2D eigenvalue weighted by Crippen LogP contribution is 2.30. The summed E-state index contributed by atoms with van der Waals surface area (Å²) in [5.41, 5.74) is 7.01. The average Bonchev–Trinajstić information content (AvgIpc) is 2.13. The van der Waals surface area contributed by atoms with Gasteiger partial charge in [-0.2, -0.15) is 13.2 Å². The third-order valence-electron chi connectivity index (χ3n) is 1.76. The van der Waals surface area contributed by atoms with Crippen LogP contribution in [0.25, 0.3) is 0 Å². The first-order valence-corrected chi connectivity index (χ1v) is 8.46. The van der Waals surface area contributed by atoms with E-state index in [0.717, 1.165) is 0 Å². The maximum Gasteiger partial charge on any atom is 0.434 e. The number of aromatic nitrogens is 1. The van der Waals surface area contributed by atoms with E-state index in [9.17, 15) is 13.2 Å². The predicted octanol–water partition coefficient (Wildman–Crippen LogP) is 2.91. The van der Waals surface area contributed by atoms with Crippen LogP contribution in [0.2, 0.25) is 19.6 Å². The molecule has 1 aromatic heterocycles. The van der Waals surface area contributed by atoms with E-state index < -0.39 is 19.9 Å². The van der Waals surface area contributed by atoms with E-state index in [2.05, 4.69) is 16.4 Å². The average molecular weight is 258 g/mol. The van der Waals surface area contributed by atoms with Crippen molar-refractivity contribution in [2.24, 2.45) is 0 Å². The van der Waals surface area contributed by atoms with E-state index in [1.807, 2.05) is 19.6 Å². The van der Waals surface area contributed by atoms with Crippen LogP contribution in [0.4, 0.5) is 19.0 Å². The summed E-state index contributed by atoms with van der Waals surface area (Å²) in [5.74, 6) is 2.40. The molecule has 0 atom stereocenters. The summed E-state index contributed by atoms with van der Waals surface area (Å²) in [5, 5.41) is 0. The molecule has 0 spiro atoms. The zero-order chi connectivity index (χ0) is 13.3. The second-order valence-electron chi connectivity index (χ2n) is 4.63. The number of nitrogens with zero attached hydrogens (tertiary/aromatic N) is 1. The topological polar surface area (TPSA) is 38.9 Å². The summed E-state index contributed by atoms with van der Waals surface area (Å²) in [6.45, 7) is 5.87. The normalized spacial score (nSPS) is 11.9. The van der Waals surface area contributed by atoms with Gasteiger partial charge in [0.1, 0.15) is 13.9 Å². The lowest BCUT2D eigenvalue weighted by molar-refractivity contribution is -0.141. The molecule has 0 aliphatic heterocycles. The number of alkyl halides is 3. The molecular weight excluding hydrogens is 245 g/mol. The first-order chi connectivity index (χ1) is 7.59. The summed E-state index contributed by atoms with van der Waals surface area (Å²) in [6, 6.07) is 2.59. The number of hydrogen-bond acceptors (Lipinski definition) is 2. The van der Waals surface area contributed by atoms with Crippen molar-refractivity contribution < 1.29 is 13.2 Å². The Morgan fingerprint density at radius 3 is 2.29 bits per heavy atom. The molecule has 1 aromatic rings. The number of rotatable bonds is 0. The summed E-state index contributed by atoms with van der Waals surface area (Å²) >= 11 is 0. The first-order valence-electron chi connectivity index (χ1n) is 4.96. The van der Waals surface area contributed by atoms with Gasteiger partial charge in [-0.15, -0.1) is 5.54 Å². The molecule has 2 N–H and O–H groups in total. The smallest absolute Gasteiger partial charge is 0.384 e. The molecule has 6 heteroatoms. The van der Waals surface area contributed by atoms with Gasteiger partial charge in [0.2, 0.25) is 0 Å². The monoisotopic (exact) mass is 258 g/mol. The maximum absolute atomic E-state index is 12.7. The van der Waals surface area contributed by atoms with E-state index >= 15 is 0 Å². The molecule has 17 heavy (non-hydrogen) atoms. The Morgan fingerprint density at radius 1 is 1.24 bits per heavy atom. The Balaban J connectivity index is 3.29. The zero-order valence-corrected chi connectivity index (χ0v) is 10.8. The Morgan fingerprint density at radius 2 is 1.82 bits per heavy atom. The quantitative estimate of drug-likeness (QED) is 0.574. The number of anilines is 1. The van der Waals surface area contributed by atoms with Crippen LogP contribution in [-0.4, -0.2) is 13.1 Å². The third kappa shape index (κ3) is 4.11. The number of nitrogen functional groups attached to an aromatic ring is 1. The van der Waals surface area contributed by atoms with Crippen LogP contribution in [-0.2, 0) is 6.18 Å². The maximum atomic E-state index is 12.7. The molecule has 0 amide bonds. The first kappa shape index (κ1) is 13.6. The van der Waals surface area contributed by atoms with Gasteiger partial charge in [-0.05, 0) is 12.1 Å². The molecular formula is C11H13F3N2Si. The molecule has 0 bridgehead atoms. The van der Waals surface area contributed by atoms with Crippen LogP contribution in [0.3, 0.4) is 0 Å². The van der Waals surface area contributed by atoms with Gasteiger partial charge in [-0.25, -0.2) is 4.98 Å². The SMILES string of the molecule is C[Si](C)(C)C#Cc1ccc(N)nc1C(F)(F)F. The minimum Gasteiger partial charge on any atom is -0.384 e. The summed E-state index contributed by atoms with van der Waals surface area (Å²) in [7, 11) is -1.72. The highest BCUT2D eigenvalue weighted by atomic mass is 28.3. The molecule has 0 saturated carbocycles. The van der Waals surface area contributed by atoms with E-state index in [-0.39, 0.29) is 11.4 Å². The van der Waals surface area contributed by atoms with Crippen LogP contribution in [0.15, 0.2) is 12.1 Å². The van der Waals surface area contributed by atoms with Crippen molar-refractivity contribution in [2.45, 2.75) is 25.8 Å². The van der Waals surface area contributed by atoms with Crippen molar-refractivity contribution in [3.63, 3.8) is 0 Å². The molecule has 0 saturated heterocycles. The largest absolute Gasteiger partial charge is 0.434 e. The molecule has 2 nitrogen and oxygen atoms in total. The van der Waals surface area contributed by atoms with E-state index in [0.29, 0.717) is 0 Å². The summed E-state index contributed by atoms with van der Waals surface area (Å²) in [6.07, 6.45) is -4.53. The van der Waals surface area contributed by atoms with Crippen molar-refractivity contribution in [1.29, 1.82) is 0 Å². The van der Waals surface area contributed by atoms with Crippen LogP contribution in [0.1, 0.15) is 11.3 Å². The van der Waals surface area contributed by atoms with E-state index in [1.165, 1.54) is 12.1 Å². The lowest BCUT2D eigenvalue weighted by atomic mass is 10.2. The molecule has 0 unspecified atom stereocenters. The Labute approximate surface area is 99.1 Å². The Kier molecular flexibility index (Phi) is 3.53. The summed E-state index contributed by atoms with van der Waals surface area (Å²) < 4.78 is 38.0. The lowest BCUT2D eigenvalue weighted by Gasteiger charge is -2.09. The Hall–Kier alpha value is -1.48. The highest BCUT2D eigenvalue weighted by Gasteiger charge is 2.35. The number of hydrogen-bond donors (Lipinski definition) is 1. The number of nitrogens with two attached hydrogens (primary N) is 1. The van der Waals surface area contributed by atoms with Crippen LogP contribution < -0.4 is 5.73 Å². The van der Waals surface area contributed by atoms with Gasteiger partial charge < -0.3 is 5.73 Å². The van der Waals surface area contributed by atoms with Crippen molar-refractivity contribution in [1.82, 2.24) is 4.98 Å². The summed E-state index contributed by atoms with van der Waals surface area (Å²) in [4.78, 5) is 3.31. The fourth-order valence-corrected chi connectivity index (χ4v) is 1.56. The molecule has 0 fully saturated rings. The van der Waals surface area contributed by atoms with Gasteiger partial charge in [0, 0.05) is 0 Å². The standard InChI is InChI=1S/C11H13F3N2Si/c1-17(2,3)7-6-8-4-5-9(15)16-10(8)11(12,13)14/h4-5H,1-3H3,(H2,15,16). The predicted molar refractivity (Wildman–Crippen MR) is 63.9 cm³/mol. The van der Waals surface area contributed by atoms with Crippen molar-refractivity contribution in [3.8, 4) is 11.5 Å². The molecule has 92 valence electrons. The van der Waals surface area contributed by atoms with Crippen molar-refractivity contribution >= 4 is 13.9 Å². The fraction of sp³-hybridized carbons (Fsp3) is 0.364. The minimum absolute atomic E-state index is 0.117. The molecule has 1 rings (SSSR count). The van der Waals surface area contributed by atoms with Gasteiger partial charge in [0.05, 0.1) is 5.56 Å². The van der Waals surface area contributed by atoms with Gasteiger partial charge in [-0.1, -0.05) is 25.6 Å². The second kappa shape index (κ2) is 4.41. The van der Waals surface area contributed by atoms with Gasteiger partial charge in [0.25, 0.3) is 0 Å². The molecule has 0 aromatic carbocycles. The molecule has 1 heterocycles. The third-order valence-corrected chi connectivity index (χ3v) is 2.63. The zero-order valence-electron chi connectivity index (χ0n) is 9.81. The second-order valence-corrected chi connectivity index (χ2v) is 9.38. The van der Waals surface area contributed by atoms with Crippen molar-refractivity contribution in [3.05, 3.63) is 23.4 Å². The van der Waals surface area contributed by atoms with Gasteiger partial charge in [0.15, 0.2) is 5.69 Å². The highest BCUT2D eigenvalue weighted by molar-refractivity contribution is 6.83. The van der Waals surface area contributed by atoms with Crippen molar-refractivity contribution in [2.75, 3.05) is 5.73 Å². The molecule has 0 aliphatic carbocycles. The van der Waals surface area contributed by atoms with Gasteiger partial charge in [-0.3, -0.25) is 0 Å². The molecule has 0 aliphatic rings. The van der Waals surface area contributed by atoms with Crippen LogP contribution >= 0.6 is 0 Å². The van der Waals surface area contributed by atoms with E-state index in [4.69, 9.17) is 5.73 Å². The van der Waals surface area contributed by atoms with Crippen LogP contribution in [0.5, 0.6) is 0 Å².